The number of unbranched alkanes of at least 4 members (excludes halogenated alkanes) is 2. The van der Waals surface area contributed by atoms with Crippen LogP contribution in [0.1, 0.15) is 53.9 Å². The highest BCUT2D eigenvalue weighted by atomic mass is 16.5. The molecule has 0 saturated heterocycles. The molecule has 2 rings (SSSR count). The Balaban J connectivity index is 2.26. The molecular formula is C19H28N2O3. The lowest BCUT2D eigenvalue weighted by Gasteiger charge is -2.33. The number of nitrogens with one attached hydrogen (secondary N) is 1. The minimum Gasteiger partial charge on any atom is -0.479 e. The fourth-order valence-electron chi connectivity index (χ4n) is 2.55. The second-order valence-electron chi connectivity index (χ2n) is 7.34. The number of nitrogens with zero attached hydrogens (tertiary/aromatic N) is 1. The minimum atomic E-state index is -0.478. The van der Waals surface area contributed by atoms with Crippen molar-refractivity contribution < 1.29 is 14.3 Å². The van der Waals surface area contributed by atoms with E-state index in [0.717, 1.165) is 24.9 Å². The van der Waals surface area contributed by atoms with Crippen LogP contribution in [-0.4, -0.2) is 24.5 Å². The van der Waals surface area contributed by atoms with Crippen LogP contribution >= 0.6 is 0 Å². The van der Waals surface area contributed by atoms with Crippen LogP contribution in [0.4, 0.5) is 11.4 Å². The topological polar surface area (TPSA) is 58.6 Å². The standard InChI is InChI=1S/C19H28N2O3/c1-6-7-8-11-21-15-12-14(20-18(23)19(3,4)5)9-10-16(15)24-13(2)17(21)22/h9-10,12-13H,6-8,11H2,1-5H3,(H,20,23). The third kappa shape index (κ3) is 4.08. The number of amides is 2. The van der Waals surface area contributed by atoms with Crippen LogP contribution in [0, 0.1) is 5.41 Å². The Morgan fingerprint density at radius 1 is 1.29 bits per heavy atom. The molecule has 1 aromatic carbocycles. The molecule has 24 heavy (non-hydrogen) atoms. The van der Waals surface area contributed by atoms with E-state index < -0.39 is 11.5 Å². The second kappa shape index (κ2) is 7.24. The normalized spacial score (nSPS) is 17.3. The maximum atomic E-state index is 12.5. The summed E-state index contributed by atoms with van der Waals surface area (Å²) in [5.41, 5.74) is 0.943. The van der Waals surface area contributed by atoms with E-state index in [1.165, 1.54) is 0 Å². The van der Waals surface area contributed by atoms with E-state index in [1.807, 2.05) is 39.0 Å². The van der Waals surface area contributed by atoms with Crippen LogP contribution in [0.3, 0.4) is 0 Å². The maximum Gasteiger partial charge on any atom is 0.267 e. The molecule has 5 heteroatoms. The summed E-state index contributed by atoms with van der Waals surface area (Å²) in [6.45, 7) is 10.2. The SMILES string of the molecule is CCCCCN1C(=O)C(C)Oc2ccc(NC(=O)C(C)(C)C)cc21. The van der Waals surface area contributed by atoms with Gasteiger partial charge in [-0.3, -0.25) is 9.59 Å². The van der Waals surface area contributed by atoms with Gasteiger partial charge in [-0.15, -0.1) is 0 Å². The van der Waals surface area contributed by atoms with Crippen molar-refractivity contribution in [1.82, 2.24) is 0 Å². The molecule has 0 radical (unpaired) electrons. The lowest BCUT2D eigenvalue weighted by atomic mass is 9.95. The first kappa shape index (κ1) is 18.3. The molecule has 0 bridgehead atoms. The summed E-state index contributed by atoms with van der Waals surface area (Å²) < 4.78 is 5.70. The van der Waals surface area contributed by atoms with Crippen molar-refractivity contribution in [3.8, 4) is 5.75 Å². The summed E-state index contributed by atoms with van der Waals surface area (Å²) >= 11 is 0. The van der Waals surface area contributed by atoms with Crippen LogP contribution in [0.5, 0.6) is 5.75 Å². The lowest BCUT2D eigenvalue weighted by molar-refractivity contribution is -0.125. The van der Waals surface area contributed by atoms with E-state index in [0.29, 0.717) is 18.0 Å². The number of benzene rings is 1. The molecule has 0 aliphatic carbocycles. The number of hydrogen-bond acceptors (Lipinski definition) is 3. The molecule has 5 nitrogen and oxygen atoms in total. The van der Waals surface area contributed by atoms with E-state index in [9.17, 15) is 9.59 Å². The molecule has 132 valence electrons. The van der Waals surface area contributed by atoms with Gasteiger partial charge in [0.1, 0.15) is 5.75 Å². The van der Waals surface area contributed by atoms with Crippen LogP contribution in [-0.2, 0) is 9.59 Å². The van der Waals surface area contributed by atoms with Crippen LogP contribution in [0.2, 0.25) is 0 Å². The molecule has 0 fully saturated rings. The predicted molar refractivity (Wildman–Crippen MR) is 96.5 cm³/mol. The zero-order valence-electron chi connectivity index (χ0n) is 15.3. The van der Waals surface area contributed by atoms with Gasteiger partial charge in [-0.25, -0.2) is 0 Å². The van der Waals surface area contributed by atoms with E-state index in [2.05, 4.69) is 12.2 Å². The van der Waals surface area contributed by atoms with Gasteiger partial charge in [0.25, 0.3) is 5.91 Å². The summed E-state index contributed by atoms with van der Waals surface area (Å²) in [5, 5.41) is 2.91. The molecule has 0 saturated carbocycles. The number of fused-ring (bicyclic) bond motifs is 1. The van der Waals surface area contributed by atoms with E-state index >= 15 is 0 Å². The van der Waals surface area contributed by atoms with Crippen molar-refractivity contribution in [3.63, 3.8) is 0 Å². The first-order valence-corrected chi connectivity index (χ1v) is 8.67. The molecule has 0 aromatic heterocycles. The quantitative estimate of drug-likeness (QED) is 0.830. The van der Waals surface area contributed by atoms with Crippen molar-refractivity contribution in [3.05, 3.63) is 18.2 Å². The fraction of sp³-hybridized carbons (Fsp3) is 0.579. The van der Waals surface area contributed by atoms with E-state index in [-0.39, 0.29) is 11.8 Å². The highest BCUT2D eigenvalue weighted by Gasteiger charge is 2.31. The number of ether oxygens (including phenoxy) is 1. The first-order chi connectivity index (χ1) is 11.2. The van der Waals surface area contributed by atoms with Crippen molar-refractivity contribution >= 4 is 23.2 Å². The summed E-state index contributed by atoms with van der Waals surface area (Å²) in [6.07, 6.45) is 2.65. The Kier molecular flexibility index (Phi) is 5.52. The van der Waals surface area contributed by atoms with Crippen molar-refractivity contribution in [1.29, 1.82) is 0 Å². The van der Waals surface area contributed by atoms with Gasteiger partial charge in [0.05, 0.1) is 5.69 Å². The predicted octanol–water partition coefficient (Wildman–Crippen LogP) is 3.98. The van der Waals surface area contributed by atoms with Gasteiger partial charge in [0, 0.05) is 17.6 Å². The highest BCUT2D eigenvalue weighted by Crippen LogP contribution is 2.36. The largest absolute Gasteiger partial charge is 0.479 e. The van der Waals surface area contributed by atoms with Crippen molar-refractivity contribution in [2.24, 2.45) is 5.41 Å². The van der Waals surface area contributed by atoms with Gasteiger partial charge in [0.2, 0.25) is 5.91 Å². The Hall–Kier alpha value is -2.04. The van der Waals surface area contributed by atoms with E-state index in [1.54, 1.807) is 11.8 Å². The van der Waals surface area contributed by atoms with Crippen molar-refractivity contribution in [2.45, 2.75) is 60.0 Å². The second-order valence-corrected chi connectivity index (χ2v) is 7.34. The number of carbonyl (C=O) groups is 2. The number of carbonyl (C=O) groups excluding carboxylic acids is 2. The molecule has 1 aliphatic heterocycles. The molecule has 1 aliphatic rings. The first-order valence-electron chi connectivity index (χ1n) is 8.67. The average Bonchev–Trinajstić information content (AvgIpc) is 2.50. The molecule has 1 aromatic rings. The Bertz CT molecular complexity index is 620. The Morgan fingerprint density at radius 2 is 2.00 bits per heavy atom. The summed E-state index contributed by atoms with van der Waals surface area (Å²) in [5.74, 6) is 0.599. The highest BCUT2D eigenvalue weighted by molar-refractivity contribution is 6.01. The van der Waals surface area contributed by atoms with Crippen LogP contribution in [0.25, 0.3) is 0 Å². The maximum absolute atomic E-state index is 12.5. The zero-order valence-corrected chi connectivity index (χ0v) is 15.3. The molecule has 0 spiro atoms. The lowest BCUT2D eigenvalue weighted by Crippen LogP contribution is -2.45. The fourth-order valence-corrected chi connectivity index (χ4v) is 2.55. The van der Waals surface area contributed by atoms with Gasteiger partial charge in [-0.2, -0.15) is 0 Å². The van der Waals surface area contributed by atoms with Crippen LogP contribution < -0.4 is 15.0 Å². The van der Waals surface area contributed by atoms with Gasteiger partial charge in [0.15, 0.2) is 6.10 Å². The number of anilines is 2. The molecule has 2 amide bonds. The monoisotopic (exact) mass is 332 g/mol. The Labute approximate surface area is 144 Å². The van der Waals surface area contributed by atoms with Gasteiger partial charge < -0.3 is 15.0 Å². The molecule has 1 N–H and O–H groups in total. The molecular weight excluding hydrogens is 304 g/mol. The molecule has 1 heterocycles. The zero-order chi connectivity index (χ0) is 17.9. The summed E-state index contributed by atoms with van der Waals surface area (Å²) in [6, 6.07) is 5.47. The minimum absolute atomic E-state index is 0.0297. The van der Waals surface area contributed by atoms with E-state index in [4.69, 9.17) is 4.74 Å². The third-order valence-corrected chi connectivity index (χ3v) is 4.09. The summed E-state index contributed by atoms with van der Waals surface area (Å²) in [4.78, 5) is 26.5. The Morgan fingerprint density at radius 3 is 2.62 bits per heavy atom. The smallest absolute Gasteiger partial charge is 0.267 e. The summed E-state index contributed by atoms with van der Waals surface area (Å²) in [7, 11) is 0. The van der Waals surface area contributed by atoms with Gasteiger partial charge >= 0.3 is 0 Å². The number of rotatable bonds is 5. The van der Waals surface area contributed by atoms with Crippen molar-refractivity contribution in [2.75, 3.05) is 16.8 Å². The number of hydrogen-bond donors (Lipinski definition) is 1. The average molecular weight is 332 g/mol. The molecule has 1 unspecified atom stereocenters. The third-order valence-electron chi connectivity index (χ3n) is 4.09. The van der Waals surface area contributed by atoms with Crippen LogP contribution in [0.15, 0.2) is 18.2 Å². The van der Waals surface area contributed by atoms with Gasteiger partial charge in [-0.1, -0.05) is 40.5 Å². The molecule has 1 atom stereocenters. The van der Waals surface area contributed by atoms with Gasteiger partial charge in [-0.05, 0) is 31.5 Å².